The van der Waals surface area contributed by atoms with E-state index in [1.54, 1.807) is 6.07 Å². The molecular weight excluding hydrogens is 466 g/mol. The monoisotopic (exact) mass is 497 g/mol. The summed E-state index contributed by atoms with van der Waals surface area (Å²) in [6, 6.07) is 10.7. The van der Waals surface area contributed by atoms with Crippen LogP contribution in [0.2, 0.25) is 0 Å². The number of hydrogen-bond acceptors (Lipinski definition) is 7. The number of thioether (sulfide) groups is 1. The number of hydrogen-bond donors (Lipinski definition) is 2. The Labute approximate surface area is 209 Å². The molecule has 7 nitrogen and oxygen atoms in total. The number of ether oxygens (including phenoxy) is 2. The number of carbonyl (C=O) groups is 3. The van der Waals surface area contributed by atoms with Gasteiger partial charge >= 0.3 is 0 Å². The molecule has 0 saturated carbocycles. The maximum atomic E-state index is 13.1. The van der Waals surface area contributed by atoms with Crippen LogP contribution in [0, 0.1) is 5.92 Å². The number of benzene rings is 2. The molecule has 0 bridgehead atoms. The van der Waals surface area contributed by atoms with E-state index in [0.29, 0.717) is 23.5 Å². The van der Waals surface area contributed by atoms with E-state index in [1.807, 2.05) is 58.9 Å². The number of carbonyl (C=O) groups excluding carboxylic acids is 3. The molecule has 35 heavy (non-hydrogen) atoms. The lowest BCUT2D eigenvalue weighted by Gasteiger charge is -2.41. The second-order valence-corrected chi connectivity index (χ2v) is 11.7. The maximum absolute atomic E-state index is 13.1. The Morgan fingerprint density at radius 3 is 2.43 bits per heavy atom. The quantitative estimate of drug-likeness (QED) is 0.578. The second-order valence-electron chi connectivity index (χ2n) is 10.6. The van der Waals surface area contributed by atoms with Crippen molar-refractivity contribution in [3.63, 3.8) is 0 Å². The van der Waals surface area contributed by atoms with Crippen LogP contribution in [0.3, 0.4) is 0 Å². The molecule has 0 aliphatic carbocycles. The van der Waals surface area contributed by atoms with Crippen LogP contribution in [0.25, 0.3) is 0 Å². The molecule has 1 saturated heterocycles. The van der Waals surface area contributed by atoms with E-state index < -0.39 is 10.9 Å². The Morgan fingerprint density at radius 1 is 1.17 bits per heavy atom. The first-order chi connectivity index (χ1) is 16.4. The summed E-state index contributed by atoms with van der Waals surface area (Å²) in [6.07, 6.45) is 0.599. The van der Waals surface area contributed by atoms with Gasteiger partial charge in [0.1, 0.15) is 23.9 Å². The van der Waals surface area contributed by atoms with E-state index in [1.165, 1.54) is 6.07 Å². The number of Topliss-reactive ketones (excluding diaryl/α,β-unsaturated/α-hetero) is 1. The Hall–Kier alpha value is -3.00. The third kappa shape index (κ3) is 5.17. The van der Waals surface area contributed by atoms with Crippen molar-refractivity contribution >= 4 is 28.7 Å². The molecule has 2 aromatic rings. The normalized spacial score (nSPS) is 22.1. The van der Waals surface area contributed by atoms with Crippen molar-refractivity contribution in [1.29, 1.82) is 0 Å². The highest BCUT2D eigenvalue weighted by atomic mass is 32.2. The van der Waals surface area contributed by atoms with Crippen LogP contribution in [0.1, 0.15) is 62.5 Å². The van der Waals surface area contributed by atoms with Gasteiger partial charge in [0.05, 0.1) is 17.2 Å². The lowest BCUT2D eigenvalue weighted by molar-refractivity contribution is -0.118. The largest absolute Gasteiger partial charge is 0.508 e. The van der Waals surface area contributed by atoms with Crippen molar-refractivity contribution in [3.8, 4) is 17.2 Å². The smallest absolute Gasteiger partial charge is 0.286 e. The number of phenols is 1. The van der Waals surface area contributed by atoms with Crippen molar-refractivity contribution in [2.45, 2.75) is 63.7 Å². The van der Waals surface area contributed by atoms with E-state index in [9.17, 15) is 19.5 Å². The number of rotatable bonds is 6. The van der Waals surface area contributed by atoms with Gasteiger partial charge in [-0.25, -0.2) is 0 Å². The number of nitrogens with one attached hydrogen (secondary N) is 1. The third-order valence-electron chi connectivity index (χ3n) is 6.63. The van der Waals surface area contributed by atoms with Gasteiger partial charge in [-0.15, -0.1) is 0 Å². The molecule has 2 aliphatic rings. The summed E-state index contributed by atoms with van der Waals surface area (Å²) in [6.45, 7) is 10.2. The summed E-state index contributed by atoms with van der Waals surface area (Å²) in [4.78, 5) is 36.3. The highest BCUT2D eigenvalue weighted by Gasteiger charge is 2.45. The fraction of sp³-hybridized carbons (Fsp3) is 0.444. The molecule has 2 heterocycles. The molecule has 186 valence electrons. The molecule has 0 aromatic heterocycles. The minimum Gasteiger partial charge on any atom is -0.508 e. The number of imide groups is 1. The Bertz CT molecular complexity index is 1170. The SMILES string of the molecule is CC(C)C1(COc2ccc(CC3SC(=O)NC3=O)cc2)CC(=O)c2cc(O)c(C(C)(C)C)cc2O1. The standard InChI is InChI=1S/C27H31NO6S/c1-15(2)27(13-21(30)18-11-20(29)19(26(3,4)5)12-22(18)34-27)14-33-17-8-6-16(7-9-17)10-23-24(31)28-25(32)35-23/h6-9,11-12,15,23,29H,10,13-14H2,1-5H3,(H,28,31,32). The fourth-order valence-electron chi connectivity index (χ4n) is 4.33. The first-order valence-corrected chi connectivity index (χ1v) is 12.6. The van der Waals surface area contributed by atoms with Crippen LogP contribution < -0.4 is 14.8 Å². The lowest BCUT2D eigenvalue weighted by atomic mass is 9.80. The fourth-order valence-corrected chi connectivity index (χ4v) is 5.19. The van der Waals surface area contributed by atoms with Crippen LogP contribution >= 0.6 is 11.8 Å². The van der Waals surface area contributed by atoms with Crippen molar-refractivity contribution < 1.29 is 29.0 Å². The average molecular weight is 498 g/mol. The molecular formula is C27H31NO6S. The van der Waals surface area contributed by atoms with Crippen molar-refractivity contribution in [3.05, 3.63) is 53.1 Å². The maximum Gasteiger partial charge on any atom is 0.286 e. The first-order valence-electron chi connectivity index (χ1n) is 11.7. The van der Waals surface area contributed by atoms with E-state index in [2.05, 4.69) is 5.32 Å². The summed E-state index contributed by atoms with van der Waals surface area (Å²) >= 11 is 1.01. The summed E-state index contributed by atoms with van der Waals surface area (Å²) < 4.78 is 12.6. The molecule has 4 rings (SSSR count). The first kappa shape index (κ1) is 25.1. The third-order valence-corrected chi connectivity index (χ3v) is 7.61. The molecule has 2 unspecified atom stereocenters. The summed E-state index contributed by atoms with van der Waals surface area (Å²) in [5.74, 6) is 0.827. The molecule has 2 aromatic carbocycles. The van der Waals surface area contributed by atoms with Crippen LogP contribution in [0.4, 0.5) is 4.79 Å². The molecule has 0 spiro atoms. The Kier molecular flexibility index (Phi) is 6.62. The van der Waals surface area contributed by atoms with Crippen molar-refractivity contribution in [1.82, 2.24) is 5.32 Å². The number of fused-ring (bicyclic) bond motifs is 1. The van der Waals surface area contributed by atoms with Crippen LogP contribution in [-0.2, 0) is 16.6 Å². The molecule has 2 amide bonds. The molecule has 0 radical (unpaired) electrons. The van der Waals surface area contributed by atoms with Gasteiger partial charge in [-0.05, 0) is 47.6 Å². The molecule has 2 aliphatic heterocycles. The predicted octanol–water partition coefficient (Wildman–Crippen LogP) is 5.02. The van der Waals surface area contributed by atoms with Crippen molar-refractivity contribution in [2.75, 3.05) is 6.61 Å². The topological polar surface area (TPSA) is 102 Å². The number of phenolic OH excluding ortho intramolecular Hbond substituents is 1. The number of aromatic hydroxyl groups is 1. The Balaban J connectivity index is 1.50. The molecule has 8 heteroatoms. The summed E-state index contributed by atoms with van der Waals surface area (Å²) in [7, 11) is 0. The summed E-state index contributed by atoms with van der Waals surface area (Å²) in [5.41, 5.74) is 0.866. The van der Waals surface area contributed by atoms with E-state index in [-0.39, 0.29) is 47.0 Å². The predicted molar refractivity (Wildman–Crippen MR) is 135 cm³/mol. The second kappa shape index (κ2) is 9.22. The van der Waals surface area contributed by atoms with Gasteiger partial charge in [0.25, 0.3) is 5.24 Å². The zero-order valence-corrected chi connectivity index (χ0v) is 21.5. The molecule has 1 fully saturated rings. The molecule has 2 N–H and O–H groups in total. The zero-order valence-electron chi connectivity index (χ0n) is 20.6. The van der Waals surface area contributed by atoms with E-state index >= 15 is 0 Å². The lowest BCUT2D eigenvalue weighted by Crippen LogP contribution is -2.51. The van der Waals surface area contributed by atoms with Gasteiger partial charge in [-0.1, -0.05) is 58.5 Å². The number of ketones is 1. The van der Waals surface area contributed by atoms with E-state index in [4.69, 9.17) is 9.47 Å². The van der Waals surface area contributed by atoms with Gasteiger partial charge in [0, 0.05) is 5.56 Å². The van der Waals surface area contributed by atoms with E-state index in [0.717, 1.165) is 22.9 Å². The molecule has 2 atom stereocenters. The zero-order chi connectivity index (χ0) is 25.5. The average Bonchev–Trinajstić information content (AvgIpc) is 3.09. The van der Waals surface area contributed by atoms with Crippen LogP contribution in [0.5, 0.6) is 17.2 Å². The minimum atomic E-state index is -0.853. The highest BCUT2D eigenvalue weighted by molar-refractivity contribution is 8.15. The van der Waals surface area contributed by atoms with Crippen LogP contribution in [-0.4, -0.2) is 39.5 Å². The Morgan fingerprint density at radius 2 is 1.86 bits per heavy atom. The van der Waals surface area contributed by atoms with Gasteiger partial charge in [0.15, 0.2) is 11.4 Å². The van der Waals surface area contributed by atoms with Gasteiger partial charge in [0.2, 0.25) is 5.91 Å². The summed E-state index contributed by atoms with van der Waals surface area (Å²) in [5, 5.41) is 12.0. The van der Waals surface area contributed by atoms with Gasteiger partial charge < -0.3 is 14.6 Å². The highest BCUT2D eigenvalue weighted by Crippen LogP contribution is 2.43. The number of amides is 2. The van der Waals surface area contributed by atoms with Crippen LogP contribution in [0.15, 0.2) is 36.4 Å². The van der Waals surface area contributed by atoms with Crippen molar-refractivity contribution in [2.24, 2.45) is 5.92 Å². The van der Waals surface area contributed by atoms with Gasteiger partial charge in [-0.2, -0.15) is 0 Å². The van der Waals surface area contributed by atoms with Gasteiger partial charge in [-0.3, -0.25) is 19.7 Å². The minimum absolute atomic E-state index is 0.0128.